The highest BCUT2D eigenvalue weighted by Crippen LogP contribution is 2.53. The molecule has 1 atom stereocenters. The highest BCUT2D eigenvalue weighted by Gasteiger charge is 2.49. The van der Waals surface area contributed by atoms with Gasteiger partial charge in [-0.15, -0.1) is 0 Å². The molecule has 5 aliphatic heterocycles. The Kier molecular flexibility index (Phi) is 8.27. The minimum Gasteiger partial charge on any atom is -0.492 e. The van der Waals surface area contributed by atoms with Gasteiger partial charge in [-0.2, -0.15) is 4.98 Å². The van der Waals surface area contributed by atoms with Crippen molar-refractivity contribution in [2.45, 2.75) is 113 Å². The van der Waals surface area contributed by atoms with Crippen molar-refractivity contribution in [3.05, 3.63) is 97.5 Å². The number of nitrogens with one attached hydrogen (secondary N) is 1. The lowest BCUT2D eigenvalue weighted by Crippen LogP contribution is -2.52. The number of carbonyl (C=O) groups excluding carboxylic acids is 3. The second-order valence-electron chi connectivity index (χ2n) is 18.1. The molecule has 2 spiro atoms. The average Bonchev–Trinajstić information content (AvgIpc) is 3.84. The molecule has 4 aromatic rings. The molecule has 11 heteroatoms. The van der Waals surface area contributed by atoms with Crippen LogP contribution >= 0.6 is 11.6 Å². The number of rotatable bonds is 4. The summed E-state index contributed by atoms with van der Waals surface area (Å²) in [5.74, 6) is 2.12. The van der Waals surface area contributed by atoms with Gasteiger partial charge >= 0.3 is 0 Å². The maximum absolute atomic E-state index is 13.4. The third kappa shape index (κ3) is 5.42. The van der Waals surface area contributed by atoms with Crippen molar-refractivity contribution in [1.29, 1.82) is 0 Å². The number of carbonyl (C=O) groups is 3. The molecule has 2 aliphatic carbocycles. The number of aromatic nitrogens is 2. The van der Waals surface area contributed by atoms with Crippen LogP contribution in [0.15, 0.2) is 53.3 Å². The van der Waals surface area contributed by atoms with E-state index in [9.17, 15) is 19.2 Å². The summed E-state index contributed by atoms with van der Waals surface area (Å²) in [4.78, 5) is 60.3. The Morgan fingerprint density at radius 2 is 1.67 bits per heavy atom. The van der Waals surface area contributed by atoms with Crippen molar-refractivity contribution >= 4 is 40.2 Å². The van der Waals surface area contributed by atoms with Crippen molar-refractivity contribution in [1.82, 2.24) is 24.7 Å². The number of ether oxygens (including phenoxy) is 1. The molecule has 294 valence electrons. The van der Waals surface area contributed by atoms with Crippen LogP contribution in [0, 0.1) is 5.92 Å². The first kappa shape index (κ1) is 35.6. The minimum absolute atomic E-state index is 0.0501. The number of hydrogen-bond acceptors (Lipinski definition) is 7. The second-order valence-corrected chi connectivity index (χ2v) is 18.5. The van der Waals surface area contributed by atoms with Gasteiger partial charge in [0.15, 0.2) is 0 Å². The van der Waals surface area contributed by atoms with E-state index < -0.39 is 6.04 Å². The van der Waals surface area contributed by atoms with Crippen molar-refractivity contribution in [2.75, 3.05) is 26.2 Å². The molecule has 7 aliphatic rings. The standard InChI is InChI=1S/C46H48ClN5O5/c47-34-5-4-6-35-39(34)42(55)49-44-46(17-2-1-3-18-46)32-13-11-29(23-37(32)52(35)44)28-9-7-27(8-10-28)24-50-21-19-45(20-22-50)26-57-40-31-25-51(36-15-16-38(53)48-41(36)54)43(56)30(31)12-14-33(40)45/h4-6,11-14,23,27-28,36H,1-3,7-10,15-22,24-26H2,(H,48,53,54)/t27?,28?,36-/m0/s1. The summed E-state index contributed by atoms with van der Waals surface area (Å²) in [6.07, 6.45) is 13.0. The van der Waals surface area contributed by atoms with E-state index in [0.29, 0.717) is 47.4 Å². The van der Waals surface area contributed by atoms with Crippen LogP contribution in [0.1, 0.15) is 128 Å². The smallest absolute Gasteiger partial charge is 0.282 e. The third-order valence-corrected chi connectivity index (χ3v) is 15.5. The van der Waals surface area contributed by atoms with Gasteiger partial charge in [0.05, 0.1) is 40.2 Å². The fraction of sp³-hybridized carbons (Fsp3) is 0.500. The van der Waals surface area contributed by atoms with Crippen molar-refractivity contribution < 1.29 is 19.1 Å². The third-order valence-electron chi connectivity index (χ3n) is 15.2. The summed E-state index contributed by atoms with van der Waals surface area (Å²) < 4.78 is 8.71. The quantitative estimate of drug-likeness (QED) is 0.221. The van der Waals surface area contributed by atoms with E-state index in [4.69, 9.17) is 21.3 Å². The zero-order valence-electron chi connectivity index (χ0n) is 32.3. The van der Waals surface area contributed by atoms with E-state index in [0.717, 1.165) is 80.8 Å². The molecule has 6 heterocycles. The van der Waals surface area contributed by atoms with E-state index in [1.54, 1.807) is 11.0 Å². The van der Waals surface area contributed by atoms with Gasteiger partial charge in [-0.05, 0) is 118 Å². The zero-order valence-corrected chi connectivity index (χ0v) is 33.0. The predicted molar refractivity (Wildman–Crippen MR) is 216 cm³/mol. The normalized spacial score (nSPS) is 26.0. The number of benzene rings is 3. The second kappa shape index (κ2) is 13.2. The number of fused-ring (bicyclic) bond motifs is 11. The lowest BCUT2D eigenvalue weighted by atomic mass is 9.69. The molecule has 1 N–H and O–H groups in total. The fourth-order valence-corrected chi connectivity index (χ4v) is 12.3. The number of likely N-dealkylation sites (tertiary alicyclic amines) is 1. The van der Waals surface area contributed by atoms with Gasteiger partial charge in [0.1, 0.15) is 17.6 Å². The summed E-state index contributed by atoms with van der Waals surface area (Å²) >= 11 is 6.62. The summed E-state index contributed by atoms with van der Waals surface area (Å²) in [7, 11) is 0. The number of nitrogens with zero attached hydrogens (tertiary/aromatic N) is 4. The molecule has 0 radical (unpaired) electrons. The van der Waals surface area contributed by atoms with Crippen LogP contribution in [0.5, 0.6) is 5.75 Å². The summed E-state index contributed by atoms with van der Waals surface area (Å²) in [5.41, 5.74) is 7.02. The first-order valence-corrected chi connectivity index (χ1v) is 21.6. The molecule has 3 amide bonds. The van der Waals surface area contributed by atoms with Crippen LogP contribution in [-0.4, -0.2) is 69.4 Å². The van der Waals surface area contributed by atoms with E-state index in [2.05, 4.69) is 39.0 Å². The topological polar surface area (TPSA) is 114 Å². The molecule has 4 fully saturated rings. The maximum Gasteiger partial charge on any atom is 0.282 e. The molecule has 57 heavy (non-hydrogen) atoms. The van der Waals surface area contributed by atoms with Gasteiger partial charge in [-0.3, -0.25) is 29.1 Å². The average molecular weight is 786 g/mol. The highest BCUT2D eigenvalue weighted by atomic mass is 35.5. The minimum atomic E-state index is -0.627. The van der Waals surface area contributed by atoms with Crippen molar-refractivity contribution in [3.8, 4) is 11.4 Å². The largest absolute Gasteiger partial charge is 0.492 e. The van der Waals surface area contributed by atoms with Gasteiger partial charge in [0.25, 0.3) is 11.5 Å². The number of piperidine rings is 2. The molecule has 1 aromatic heterocycles. The molecule has 0 unspecified atom stereocenters. The summed E-state index contributed by atoms with van der Waals surface area (Å²) in [6.45, 7) is 4.16. The number of imide groups is 1. The molecular weight excluding hydrogens is 738 g/mol. The van der Waals surface area contributed by atoms with Crippen LogP contribution in [0.4, 0.5) is 0 Å². The lowest BCUT2D eigenvalue weighted by Gasteiger charge is -2.41. The van der Waals surface area contributed by atoms with Crippen molar-refractivity contribution in [2.24, 2.45) is 5.92 Å². The SMILES string of the molecule is O=C1CC[C@H](N2Cc3c(ccc4c3OCC43CCN(CC4CCC(c5ccc6c(c5)-n5c(nc(=O)c7c(Cl)cccc75)C65CCCCC5)CC4)CC3)C2=O)C(=O)N1. The van der Waals surface area contributed by atoms with Gasteiger partial charge in [-0.25, -0.2) is 0 Å². The highest BCUT2D eigenvalue weighted by molar-refractivity contribution is 6.35. The molecule has 10 nitrogen and oxygen atoms in total. The maximum atomic E-state index is 13.4. The Labute approximate surface area is 336 Å². The zero-order chi connectivity index (χ0) is 38.6. The van der Waals surface area contributed by atoms with E-state index in [-0.39, 0.29) is 40.5 Å². The van der Waals surface area contributed by atoms with Crippen molar-refractivity contribution in [3.63, 3.8) is 0 Å². The van der Waals surface area contributed by atoms with Crippen LogP contribution < -0.4 is 15.6 Å². The van der Waals surface area contributed by atoms with E-state index in [1.165, 1.54) is 54.5 Å². The Morgan fingerprint density at radius 3 is 2.46 bits per heavy atom. The Hall–Kier alpha value is -4.54. The number of amides is 3. The molecule has 2 saturated carbocycles. The van der Waals surface area contributed by atoms with Gasteiger partial charge in [-0.1, -0.05) is 55.1 Å². The van der Waals surface area contributed by atoms with Crippen LogP contribution in [0.2, 0.25) is 5.02 Å². The van der Waals surface area contributed by atoms with Gasteiger partial charge in [0.2, 0.25) is 11.8 Å². The molecule has 3 aromatic carbocycles. The Bertz CT molecular complexity index is 2440. The monoisotopic (exact) mass is 785 g/mol. The molecular formula is C46H48ClN5O5. The summed E-state index contributed by atoms with van der Waals surface area (Å²) in [6, 6.07) is 16.4. The van der Waals surface area contributed by atoms with Crippen LogP contribution in [0.3, 0.4) is 0 Å². The Balaban J connectivity index is 0.761. The van der Waals surface area contributed by atoms with Crippen LogP contribution in [0.25, 0.3) is 16.6 Å². The lowest BCUT2D eigenvalue weighted by molar-refractivity contribution is -0.136. The van der Waals surface area contributed by atoms with Gasteiger partial charge < -0.3 is 14.5 Å². The number of hydrogen-bond donors (Lipinski definition) is 1. The predicted octanol–water partition coefficient (Wildman–Crippen LogP) is 7.06. The van der Waals surface area contributed by atoms with E-state index >= 15 is 0 Å². The molecule has 2 saturated heterocycles. The fourth-order valence-electron chi connectivity index (χ4n) is 12.1. The molecule has 0 bridgehead atoms. The first-order valence-electron chi connectivity index (χ1n) is 21.3. The summed E-state index contributed by atoms with van der Waals surface area (Å²) in [5, 5.41) is 3.38. The van der Waals surface area contributed by atoms with Gasteiger partial charge in [0, 0.05) is 35.1 Å². The molecule has 11 rings (SSSR count). The van der Waals surface area contributed by atoms with Crippen LogP contribution in [-0.2, 0) is 27.0 Å². The van der Waals surface area contributed by atoms with E-state index in [1.807, 2.05) is 18.2 Å². The Morgan fingerprint density at radius 1 is 0.877 bits per heavy atom. The first-order chi connectivity index (χ1) is 27.7. The number of halogens is 1.